The van der Waals surface area contributed by atoms with Crippen LogP contribution in [-0.4, -0.2) is 48.0 Å². The van der Waals surface area contributed by atoms with Gasteiger partial charge in [-0.1, -0.05) is 43.5 Å². The van der Waals surface area contributed by atoms with Crippen LogP contribution in [0.5, 0.6) is 0 Å². The van der Waals surface area contributed by atoms with E-state index in [2.05, 4.69) is 5.32 Å². The summed E-state index contributed by atoms with van der Waals surface area (Å²) in [5.41, 5.74) is 6.74. The molecule has 3 rings (SSSR count). The summed E-state index contributed by atoms with van der Waals surface area (Å²) in [6.45, 7) is 0.0634. The van der Waals surface area contributed by atoms with Crippen LogP contribution in [0.4, 0.5) is 4.39 Å². The quantitative estimate of drug-likeness (QED) is 0.501. The molecule has 3 amide bonds. The third kappa shape index (κ3) is 7.32. The lowest BCUT2D eigenvalue weighted by Gasteiger charge is -2.31. The van der Waals surface area contributed by atoms with Crippen molar-refractivity contribution in [3.63, 3.8) is 0 Å². The van der Waals surface area contributed by atoms with E-state index in [4.69, 9.17) is 5.73 Å². The Balaban J connectivity index is 1.57. The molecule has 0 aliphatic heterocycles. The average Bonchev–Trinajstić information content (AvgIpc) is 2.86. The van der Waals surface area contributed by atoms with Crippen molar-refractivity contribution in [2.24, 2.45) is 11.7 Å². The molecule has 1 aliphatic carbocycles. The molecule has 0 saturated heterocycles. The number of amides is 3. The molecule has 0 aromatic heterocycles. The lowest BCUT2D eigenvalue weighted by Crippen LogP contribution is -2.39. The Morgan fingerprint density at radius 1 is 1.09 bits per heavy atom. The van der Waals surface area contributed by atoms with Gasteiger partial charge in [-0.05, 0) is 49.1 Å². The highest BCUT2D eigenvalue weighted by atomic mass is 32.2. The molecule has 1 fully saturated rings. The summed E-state index contributed by atoms with van der Waals surface area (Å²) in [6.07, 6.45) is 5.94. The van der Waals surface area contributed by atoms with Gasteiger partial charge in [-0.25, -0.2) is 4.39 Å². The van der Waals surface area contributed by atoms with Crippen molar-refractivity contribution in [1.29, 1.82) is 0 Å². The SMILES string of the molecule is CN(C(=O)CSc1ccccc1C(=O)NCC(Cc1ccc(F)cc1)C(N)=O)C1CCCCC1. The van der Waals surface area contributed by atoms with Crippen molar-refractivity contribution in [2.45, 2.75) is 49.5 Å². The number of nitrogens with two attached hydrogens (primary N) is 1. The lowest BCUT2D eigenvalue weighted by molar-refractivity contribution is -0.129. The first-order chi connectivity index (χ1) is 16.3. The Hall–Kier alpha value is -2.87. The third-order valence-corrected chi connectivity index (χ3v) is 7.36. The summed E-state index contributed by atoms with van der Waals surface area (Å²) in [4.78, 5) is 40.1. The van der Waals surface area contributed by atoms with Crippen LogP contribution in [-0.2, 0) is 16.0 Å². The molecule has 1 saturated carbocycles. The molecular formula is C26H32FN3O3S. The largest absolute Gasteiger partial charge is 0.369 e. The summed E-state index contributed by atoms with van der Waals surface area (Å²) in [5, 5.41) is 2.79. The van der Waals surface area contributed by atoms with Gasteiger partial charge in [0.1, 0.15) is 5.82 Å². The number of carbonyl (C=O) groups excluding carboxylic acids is 3. The second kappa shape index (κ2) is 12.6. The van der Waals surface area contributed by atoms with Crippen LogP contribution in [0, 0.1) is 11.7 Å². The molecule has 0 radical (unpaired) electrons. The summed E-state index contributed by atoms with van der Waals surface area (Å²) >= 11 is 1.34. The average molecular weight is 486 g/mol. The highest BCUT2D eigenvalue weighted by Crippen LogP contribution is 2.26. The fourth-order valence-electron chi connectivity index (χ4n) is 4.18. The van der Waals surface area contributed by atoms with Gasteiger partial charge >= 0.3 is 0 Å². The summed E-state index contributed by atoms with van der Waals surface area (Å²) < 4.78 is 13.1. The van der Waals surface area contributed by atoms with Gasteiger partial charge in [-0.15, -0.1) is 11.8 Å². The van der Waals surface area contributed by atoms with Gasteiger partial charge in [0, 0.05) is 24.5 Å². The monoisotopic (exact) mass is 485 g/mol. The van der Waals surface area contributed by atoms with Crippen LogP contribution in [0.2, 0.25) is 0 Å². The predicted octanol–water partition coefficient (Wildman–Crippen LogP) is 3.78. The second-order valence-corrected chi connectivity index (χ2v) is 9.74. The number of carbonyl (C=O) groups is 3. The number of nitrogens with zero attached hydrogens (tertiary/aromatic N) is 1. The van der Waals surface area contributed by atoms with Gasteiger partial charge in [-0.2, -0.15) is 0 Å². The van der Waals surface area contributed by atoms with E-state index >= 15 is 0 Å². The first-order valence-electron chi connectivity index (χ1n) is 11.6. The molecule has 2 aromatic carbocycles. The molecule has 0 heterocycles. The number of benzene rings is 2. The molecule has 182 valence electrons. The first-order valence-corrected chi connectivity index (χ1v) is 12.6. The first kappa shape index (κ1) is 25.7. The zero-order valence-electron chi connectivity index (χ0n) is 19.5. The van der Waals surface area contributed by atoms with Gasteiger partial charge in [0.25, 0.3) is 5.91 Å². The highest BCUT2D eigenvalue weighted by Gasteiger charge is 2.23. The van der Waals surface area contributed by atoms with Crippen LogP contribution in [0.15, 0.2) is 53.4 Å². The normalized spacial score (nSPS) is 14.9. The molecule has 1 atom stereocenters. The maximum Gasteiger partial charge on any atom is 0.252 e. The van der Waals surface area contributed by atoms with Crippen LogP contribution in [0.1, 0.15) is 48.0 Å². The molecule has 34 heavy (non-hydrogen) atoms. The van der Waals surface area contributed by atoms with E-state index in [-0.39, 0.29) is 29.9 Å². The van der Waals surface area contributed by atoms with Crippen molar-refractivity contribution < 1.29 is 18.8 Å². The number of hydrogen-bond acceptors (Lipinski definition) is 4. The lowest BCUT2D eigenvalue weighted by atomic mass is 9.94. The van der Waals surface area contributed by atoms with Crippen LogP contribution >= 0.6 is 11.8 Å². The predicted molar refractivity (Wildman–Crippen MR) is 132 cm³/mol. The molecular weight excluding hydrogens is 453 g/mol. The van der Waals surface area contributed by atoms with Crippen molar-refractivity contribution in [1.82, 2.24) is 10.2 Å². The minimum Gasteiger partial charge on any atom is -0.369 e. The van der Waals surface area contributed by atoms with E-state index in [1.165, 1.54) is 30.3 Å². The molecule has 2 aromatic rings. The highest BCUT2D eigenvalue weighted by molar-refractivity contribution is 8.00. The number of rotatable bonds is 10. The molecule has 1 unspecified atom stereocenters. The molecule has 8 heteroatoms. The molecule has 0 bridgehead atoms. The molecule has 3 N–H and O–H groups in total. The fourth-order valence-corrected chi connectivity index (χ4v) is 5.16. The van der Waals surface area contributed by atoms with Gasteiger partial charge < -0.3 is 16.0 Å². The Kier molecular flexibility index (Phi) is 9.51. The van der Waals surface area contributed by atoms with E-state index in [0.717, 1.165) is 31.2 Å². The van der Waals surface area contributed by atoms with Crippen molar-refractivity contribution in [2.75, 3.05) is 19.3 Å². The Morgan fingerprint density at radius 3 is 2.44 bits per heavy atom. The van der Waals surface area contributed by atoms with Crippen LogP contribution in [0.3, 0.4) is 0 Å². The van der Waals surface area contributed by atoms with Gasteiger partial charge in [0.2, 0.25) is 11.8 Å². The van der Waals surface area contributed by atoms with Gasteiger partial charge in [0.05, 0.1) is 17.2 Å². The summed E-state index contributed by atoms with van der Waals surface area (Å²) in [7, 11) is 1.86. The van der Waals surface area contributed by atoms with E-state index in [1.54, 1.807) is 24.3 Å². The topological polar surface area (TPSA) is 92.5 Å². The fraction of sp³-hybridized carbons (Fsp3) is 0.423. The zero-order valence-corrected chi connectivity index (χ0v) is 20.3. The van der Waals surface area contributed by atoms with Gasteiger partial charge in [-0.3, -0.25) is 14.4 Å². The zero-order chi connectivity index (χ0) is 24.5. The minimum atomic E-state index is -0.625. The van der Waals surface area contributed by atoms with Crippen molar-refractivity contribution >= 4 is 29.5 Å². The maximum atomic E-state index is 13.1. The van der Waals surface area contributed by atoms with E-state index in [1.807, 2.05) is 24.1 Å². The van der Waals surface area contributed by atoms with E-state index < -0.39 is 11.8 Å². The van der Waals surface area contributed by atoms with Crippen LogP contribution in [0.25, 0.3) is 0 Å². The maximum absolute atomic E-state index is 13.1. The smallest absolute Gasteiger partial charge is 0.252 e. The number of nitrogens with one attached hydrogen (secondary N) is 1. The molecule has 6 nitrogen and oxygen atoms in total. The minimum absolute atomic E-state index is 0.0557. The number of primary amides is 1. The van der Waals surface area contributed by atoms with Crippen molar-refractivity contribution in [3.05, 3.63) is 65.5 Å². The Morgan fingerprint density at radius 2 is 1.76 bits per heavy atom. The van der Waals surface area contributed by atoms with Gasteiger partial charge in [0.15, 0.2) is 0 Å². The number of thioether (sulfide) groups is 1. The number of hydrogen-bond donors (Lipinski definition) is 2. The third-order valence-electron chi connectivity index (χ3n) is 6.31. The second-order valence-electron chi connectivity index (χ2n) is 8.72. The van der Waals surface area contributed by atoms with Crippen molar-refractivity contribution in [3.8, 4) is 0 Å². The standard InChI is InChI=1S/C26H32FN3O3S/c1-30(21-7-3-2-4-8-21)24(31)17-34-23-10-6-5-9-22(23)26(33)29-16-19(25(28)32)15-18-11-13-20(27)14-12-18/h5-6,9-14,19,21H,2-4,7-8,15-17H2,1H3,(H2,28,32)(H,29,33). The van der Waals surface area contributed by atoms with Crippen LogP contribution < -0.4 is 11.1 Å². The molecule has 1 aliphatic rings. The summed E-state index contributed by atoms with van der Waals surface area (Å²) in [5.74, 6) is -1.54. The van der Waals surface area contributed by atoms with E-state index in [0.29, 0.717) is 22.9 Å². The summed E-state index contributed by atoms with van der Waals surface area (Å²) in [6, 6.07) is 13.3. The van der Waals surface area contributed by atoms with E-state index in [9.17, 15) is 18.8 Å². The molecule has 0 spiro atoms. The Bertz CT molecular complexity index is 993. The Labute approximate surface area is 204 Å². The number of halogens is 1.